The molecule has 2 heterocycles. The van der Waals surface area contributed by atoms with Crippen LogP contribution in [0.3, 0.4) is 0 Å². The minimum absolute atomic E-state index is 0.801. The third-order valence-electron chi connectivity index (χ3n) is 2.64. The van der Waals surface area contributed by atoms with Crippen LogP contribution in [0.25, 0.3) is 0 Å². The van der Waals surface area contributed by atoms with E-state index in [1.165, 1.54) is 18.7 Å². The van der Waals surface area contributed by atoms with Gasteiger partial charge < -0.3 is 4.57 Å². The van der Waals surface area contributed by atoms with Gasteiger partial charge >= 0.3 is 0 Å². The van der Waals surface area contributed by atoms with Gasteiger partial charge in [0.1, 0.15) is 0 Å². The van der Waals surface area contributed by atoms with Crippen LogP contribution in [0.2, 0.25) is 0 Å². The van der Waals surface area contributed by atoms with E-state index in [0.717, 1.165) is 11.8 Å². The van der Waals surface area contributed by atoms with Crippen molar-refractivity contribution in [1.82, 2.24) is 9.55 Å². The summed E-state index contributed by atoms with van der Waals surface area (Å²) in [5.41, 5.74) is 1.41. The van der Waals surface area contributed by atoms with Crippen LogP contribution < -0.4 is 0 Å². The van der Waals surface area contributed by atoms with Gasteiger partial charge in [-0.15, -0.1) is 0 Å². The molecule has 2 rings (SSSR count). The summed E-state index contributed by atoms with van der Waals surface area (Å²) in [7, 11) is 0. The minimum atomic E-state index is 0.801. The minimum Gasteiger partial charge on any atom is -0.334 e. The maximum absolute atomic E-state index is 4.10. The normalized spacial score (nSPS) is 22.6. The Labute approximate surface area is 67.3 Å². The molecule has 1 atom stereocenters. The van der Waals surface area contributed by atoms with E-state index in [2.05, 4.69) is 23.4 Å². The first-order chi connectivity index (χ1) is 5.27. The monoisotopic (exact) mass is 150 g/mol. The van der Waals surface area contributed by atoms with E-state index in [-0.39, 0.29) is 0 Å². The zero-order valence-corrected chi connectivity index (χ0v) is 7.12. The van der Waals surface area contributed by atoms with Crippen LogP contribution in [0.5, 0.6) is 0 Å². The zero-order valence-electron chi connectivity index (χ0n) is 7.12. The van der Waals surface area contributed by atoms with Crippen molar-refractivity contribution in [2.24, 2.45) is 11.8 Å². The molecule has 1 aromatic heterocycles. The van der Waals surface area contributed by atoms with Gasteiger partial charge in [0.25, 0.3) is 0 Å². The molecule has 0 saturated heterocycles. The SMILES string of the molecule is CC(C)C1Cc2cncn2C1. The van der Waals surface area contributed by atoms with Crippen molar-refractivity contribution < 1.29 is 0 Å². The predicted octanol–water partition coefficient (Wildman–Crippen LogP) is 1.71. The van der Waals surface area contributed by atoms with Gasteiger partial charge in [0.15, 0.2) is 0 Å². The fraction of sp³-hybridized carbons (Fsp3) is 0.667. The Morgan fingerprint density at radius 2 is 2.45 bits per heavy atom. The first-order valence-corrected chi connectivity index (χ1v) is 4.26. The van der Waals surface area contributed by atoms with Crippen LogP contribution in [0.15, 0.2) is 12.5 Å². The second-order valence-corrected chi connectivity index (χ2v) is 3.75. The smallest absolute Gasteiger partial charge is 0.0948 e. The standard InChI is InChI=1S/C9H14N2/c1-7(2)8-3-9-4-10-6-11(9)5-8/h4,6-8H,3,5H2,1-2H3. The van der Waals surface area contributed by atoms with E-state index in [1.54, 1.807) is 0 Å². The quantitative estimate of drug-likeness (QED) is 0.596. The molecular formula is C9H14N2. The van der Waals surface area contributed by atoms with Crippen LogP contribution in [-0.4, -0.2) is 9.55 Å². The highest BCUT2D eigenvalue weighted by molar-refractivity contribution is 5.05. The Bertz CT molecular complexity index is 229. The summed E-state index contributed by atoms with van der Waals surface area (Å²) < 4.78 is 2.27. The van der Waals surface area contributed by atoms with E-state index >= 15 is 0 Å². The number of fused-ring (bicyclic) bond motifs is 1. The molecule has 2 nitrogen and oxygen atoms in total. The predicted molar refractivity (Wildman–Crippen MR) is 44.3 cm³/mol. The molecule has 0 radical (unpaired) electrons. The van der Waals surface area contributed by atoms with Gasteiger partial charge in [-0.1, -0.05) is 13.8 Å². The van der Waals surface area contributed by atoms with Gasteiger partial charge in [-0.2, -0.15) is 0 Å². The molecule has 1 aliphatic rings. The van der Waals surface area contributed by atoms with Gasteiger partial charge in [0.2, 0.25) is 0 Å². The topological polar surface area (TPSA) is 17.8 Å². The molecular weight excluding hydrogens is 136 g/mol. The number of hydrogen-bond donors (Lipinski definition) is 0. The lowest BCUT2D eigenvalue weighted by Crippen LogP contribution is -2.09. The van der Waals surface area contributed by atoms with Gasteiger partial charge in [-0.25, -0.2) is 4.98 Å². The number of nitrogens with zero attached hydrogens (tertiary/aromatic N) is 2. The Hall–Kier alpha value is -0.790. The average molecular weight is 150 g/mol. The van der Waals surface area contributed by atoms with E-state index in [0.29, 0.717) is 0 Å². The summed E-state index contributed by atoms with van der Waals surface area (Å²) >= 11 is 0. The molecule has 60 valence electrons. The number of hydrogen-bond acceptors (Lipinski definition) is 1. The van der Waals surface area contributed by atoms with Crippen LogP contribution in [-0.2, 0) is 13.0 Å². The first kappa shape index (κ1) is 6.89. The molecule has 1 aliphatic heterocycles. The zero-order chi connectivity index (χ0) is 7.84. The Morgan fingerprint density at radius 3 is 3.09 bits per heavy atom. The molecule has 11 heavy (non-hydrogen) atoms. The van der Waals surface area contributed by atoms with Gasteiger partial charge in [-0.05, 0) is 18.3 Å². The lowest BCUT2D eigenvalue weighted by molar-refractivity contribution is 0.377. The third-order valence-corrected chi connectivity index (χ3v) is 2.64. The van der Waals surface area contributed by atoms with Crippen molar-refractivity contribution in [3.05, 3.63) is 18.2 Å². The van der Waals surface area contributed by atoms with E-state index in [9.17, 15) is 0 Å². The fourth-order valence-electron chi connectivity index (χ4n) is 1.71. The maximum atomic E-state index is 4.10. The summed E-state index contributed by atoms with van der Waals surface area (Å²) in [5.74, 6) is 1.64. The van der Waals surface area contributed by atoms with Crippen molar-refractivity contribution in [1.29, 1.82) is 0 Å². The Balaban J connectivity index is 2.16. The molecule has 1 aromatic rings. The Kier molecular flexibility index (Phi) is 1.48. The van der Waals surface area contributed by atoms with Crippen LogP contribution in [0, 0.1) is 11.8 Å². The molecule has 1 unspecified atom stereocenters. The molecule has 0 bridgehead atoms. The highest BCUT2D eigenvalue weighted by Gasteiger charge is 2.23. The van der Waals surface area contributed by atoms with Gasteiger partial charge in [-0.3, -0.25) is 0 Å². The molecule has 0 saturated carbocycles. The summed E-state index contributed by atoms with van der Waals surface area (Å²) in [6.07, 6.45) is 5.15. The van der Waals surface area contributed by atoms with Crippen molar-refractivity contribution in [3.63, 3.8) is 0 Å². The van der Waals surface area contributed by atoms with Crippen LogP contribution in [0.1, 0.15) is 19.5 Å². The lowest BCUT2D eigenvalue weighted by atomic mass is 9.94. The average Bonchev–Trinajstić information content (AvgIpc) is 2.40. The summed E-state index contributed by atoms with van der Waals surface area (Å²) in [6, 6.07) is 0. The largest absolute Gasteiger partial charge is 0.334 e. The first-order valence-electron chi connectivity index (χ1n) is 4.26. The van der Waals surface area contributed by atoms with E-state index < -0.39 is 0 Å². The second-order valence-electron chi connectivity index (χ2n) is 3.75. The van der Waals surface area contributed by atoms with E-state index in [4.69, 9.17) is 0 Å². The fourth-order valence-corrected chi connectivity index (χ4v) is 1.71. The van der Waals surface area contributed by atoms with Crippen LogP contribution >= 0.6 is 0 Å². The molecule has 0 spiro atoms. The van der Waals surface area contributed by atoms with Gasteiger partial charge in [0, 0.05) is 18.4 Å². The lowest BCUT2D eigenvalue weighted by Gasteiger charge is -2.11. The van der Waals surface area contributed by atoms with Crippen molar-refractivity contribution in [2.45, 2.75) is 26.8 Å². The van der Waals surface area contributed by atoms with Crippen molar-refractivity contribution >= 4 is 0 Å². The number of rotatable bonds is 1. The van der Waals surface area contributed by atoms with Crippen molar-refractivity contribution in [2.75, 3.05) is 0 Å². The number of imidazole rings is 1. The highest BCUT2D eigenvalue weighted by atomic mass is 15.1. The maximum Gasteiger partial charge on any atom is 0.0948 e. The molecule has 2 heteroatoms. The summed E-state index contributed by atoms with van der Waals surface area (Å²) in [6.45, 7) is 5.77. The van der Waals surface area contributed by atoms with Crippen LogP contribution in [0.4, 0.5) is 0 Å². The number of aromatic nitrogens is 2. The van der Waals surface area contributed by atoms with E-state index in [1.807, 2.05) is 12.5 Å². The second kappa shape index (κ2) is 2.36. The molecule has 0 fully saturated rings. The third kappa shape index (κ3) is 1.06. The highest BCUT2D eigenvalue weighted by Crippen LogP contribution is 2.25. The molecule has 0 aromatic carbocycles. The molecule has 0 aliphatic carbocycles. The Morgan fingerprint density at radius 1 is 1.64 bits per heavy atom. The molecule has 0 N–H and O–H groups in total. The summed E-state index contributed by atoms with van der Waals surface area (Å²) in [5, 5.41) is 0. The van der Waals surface area contributed by atoms with Gasteiger partial charge in [0.05, 0.1) is 6.33 Å². The summed E-state index contributed by atoms with van der Waals surface area (Å²) in [4.78, 5) is 4.10. The van der Waals surface area contributed by atoms with Crippen molar-refractivity contribution in [3.8, 4) is 0 Å². The molecule has 0 amide bonds.